The van der Waals surface area contributed by atoms with E-state index in [2.05, 4.69) is 16.3 Å². The van der Waals surface area contributed by atoms with Crippen LogP contribution in [0, 0.1) is 0 Å². The average molecular weight is 318 g/mol. The Balaban J connectivity index is 1.59. The maximum absolute atomic E-state index is 12.3. The third-order valence-corrected chi connectivity index (χ3v) is 5.08. The van der Waals surface area contributed by atoms with Crippen molar-refractivity contribution in [3.63, 3.8) is 0 Å². The van der Waals surface area contributed by atoms with E-state index in [1.54, 1.807) is 7.11 Å². The van der Waals surface area contributed by atoms with E-state index in [0.29, 0.717) is 13.1 Å². The standard InChI is InChI=1S/C18H26N2O3/c1-22-16-6-3-2-5-15(16)18(7-4-8-18)14-19-17(21)13-20-9-11-23-12-10-20/h2-3,5-6H,4,7-14H2,1H3,(H,19,21). The van der Waals surface area contributed by atoms with E-state index in [1.165, 1.54) is 12.0 Å². The van der Waals surface area contributed by atoms with Gasteiger partial charge in [0.2, 0.25) is 5.91 Å². The number of ether oxygens (including phenoxy) is 2. The van der Waals surface area contributed by atoms with E-state index in [1.807, 2.05) is 18.2 Å². The summed E-state index contributed by atoms with van der Waals surface area (Å²) in [5.41, 5.74) is 1.26. The Labute approximate surface area is 137 Å². The minimum atomic E-state index is 0.0350. The van der Waals surface area contributed by atoms with Crippen molar-refractivity contribution < 1.29 is 14.3 Å². The highest BCUT2D eigenvalue weighted by atomic mass is 16.5. The second-order valence-corrected chi connectivity index (χ2v) is 6.50. The van der Waals surface area contributed by atoms with E-state index >= 15 is 0 Å². The summed E-state index contributed by atoms with van der Waals surface area (Å²) in [6.07, 6.45) is 3.41. The maximum atomic E-state index is 12.3. The number of rotatable bonds is 6. The first kappa shape index (κ1) is 16.3. The van der Waals surface area contributed by atoms with Gasteiger partial charge in [-0.3, -0.25) is 9.69 Å². The van der Waals surface area contributed by atoms with Gasteiger partial charge in [-0.25, -0.2) is 0 Å². The molecule has 2 fully saturated rings. The van der Waals surface area contributed by atoms with Gasteiger partial charge in [-0.1, -0.05) is 24.6 Å². The first-order valence-electron chi connectivity index (χ1n) is 8.44. The number of methoxy groups -OCH3 is 1. The van der Waals surface area contributed by atoms with Crippen molar-refractivity contribution in [3.8, 4) is 5.75 Å². The van der Waals surface area contributed by atoms with Crippen LogP contribution in [-0.2, 0) is 14.9 Å². The third kappa shape index (κ3) is 3.67. The molecular formula is C18H26N2O3. The molecule has 0 aromatic heterocycles. The van der Waals surface area contributed by atoms with Crippen LogP contribution in [0.15, 0.2) is 24.3 Å². The Morgan fingerprint density at radius 1 is 1.30 bits per heavy atom. The van der Waals surface area contributed by atoms with Gasteiger partial charge < -0.3 is 14.8 Å². The Kier molecular flexibility index (Phi) is 5.18. The topological polar surface area (TPSA) is 50.8 Å². The molecule has 5 heteroatoms. The summed E-state index contributed by atoms with van der Waals surface area (Å²) in [6, 6.07) is 8.18. The van der Waals surface area contributed by atoms with Crippen LogP contribution in [0.1, 0.15) is 24.8 Å². The molecule has 1 aliphatic heterocycles. The number of carbonyl (C=O) groups is 1. The molecule has 0 unspecified atom stereocenters. The van der Waals surface area contributed by atoms with Gasteiger partial charge in [-0.15, -0.1) is 0 Å². The van der Waals surface area contributed by atoms with Crippen LogP contribution in [0.3, 0.4) is 0 Å². The second kappa shape index (κ2) is 7.32. The fourth-order valence-corrected chi connectivity index (χ4v) is 3.51. The number of nitrogens with one attached hydrogen (secondary N) is 1. The summed E-state index contributed by atoms with van der Waals surface area (Å²) in [5.74, 6) is 1.03. The Bertz CT molecular complexity index is 537. The molecule has 23 heavy (non-hydrogen) atoms. The van der Waals surface area contributed by atoms with Crippen LogP contribution in [-0.4, -0.2) is 57.3 Å². The SMILES string of the molecule is COc1ccccc1C1(CNC(=O)CN2CCOCC2)CCC1. The molecule has 0 spiro atoms. The average Bonchev–Trinajstić information content (AvgIpc) is 2.55. The molecule has 1 saturated heterocycles. The molecule has 3 rings (SSSR count). The molecule has 0 radical (unpaired) electrons. The normalized spacial score (nSPS) is 20.6. The van der Waals surface area contributed by atoms with Crippen molar-refractivity contribution in [1.29, 1.82) is 0 Å². The second-order valence-electron chi connectivity index (χ2n) is 6.50. The summed E-state index contributed by atoms with van der Waals surface area (Å²) in [6.45, 7) is 4.27. The summed E-state index contributed by atoms with van der Waals surface area (Å²) in [5, 5.41) is 3.15. The number of carbonyl (C=O) groups excluding carboxylic acids is 1. The molecule has 1 amide bonds. The number of benzene rings is 1. The minimum absolute atomic E-state index is 0.0350. The molecule has 1 N–H and O–H groups in total. The largest absolute Gasteiger partial charge is 0.496 e. The van der Waals surface area contributed by atoms with Gasteiger partial charge in [0, 0.05) is 30.6 Å². The van der Waals surface area contributed by atoms with Crippen molar-refractivity contribution in [2.75, 3.05) is 46.5 Å². The van der Waals surface area contributed by atoms with E-state index in [-0.39, 0.29) is 11.3 Å². The number of morpholine rings is 1. The Hall–Kier alpha value is -1.59. The molecule has 1 heterocycles. The third-order valence-electron chi connectivity index (χ3n) is 5.08. The van der Waals surface area contributed by atoms with Crippen LogP contribution in [0.5, 0.6) is 5.75 Å². The molecule has 2 aliphatic rings. The number of hydrogen-bond donors (Lipinski definition) is 1. The molecule has 1 aromatic rings. The van der Waals surface area contributed by atoms with Crippen molar-refractivity contribution >= 4 is 5.91 Å². The van der Waals surface area contributed by atoms with Gasteiger partial charge in [0.25, 0.3) is 0 Å². The zero-order valence-electron chi connectivity index (χ0n) is 13.8. The fourth-order valence-electron chi connectivity index (χ4n) is 3.51. The predicted octanol–water partition coefficient (Wildman–Crippen LogP) is 1.57. The highest BCUT2D eigenvalue weighted by Crippen LogP contribution is 2.46. The molecule has 0 atom stereocenters. The number of nitrogens with zero attached hydrogens (tertiary/aromatic N) is 1. The first-order chi connectivity index (χ1) is 11.2. The highest BCUT2D eigenvalue weighted by Gasteiger charge is 2.40. The lowest BCUT2D eigenvalue weighted by Crippen LogP contribution is -2.49. The summed E-state index contributed by atoms with van der Waals surface area (Å²) in [4.78, 5) is 14.4. The van der Waals surface area contributed by atoms with Crippen molar-refractivity contribution in [3.05, 3.63) is 29.8 Å². The first-order valence-corrected chi connectivity index (χ1v) is 8.44. The van der Waals surface area contributed by atoms with Crippen LogP contribution < -0.4 is 10.1 Å². The summed E-state index contributed by atoms with van der Waals surface area (Å²) >= 11 is 0. The van der Waals surface area contributed by atoms with Crippen LogP contribution >= 0.6 is 0 Å². The molecular weight excluding hydrogens is 292 g/mol. The smallest absolute Gasteiger partial charge is 0.234 e. The number of para-hydroxylation sites is 1. The zero-order chi connectivity index (χ0) is 16.1. The van der Waals surface area contributed by atoms with Crippen LogP contribution in [0.25, 0.3) is 0 Å². The van der Waals surface area contributed by atoms with Gasteiger partial charge in [-0.05, 0) is 18.9 Å². The lowest BCUT2D eigenvalue weighted by Gasteiger charge is -2.43. The lowest BCUT2D eigenvalue weighted by molar-refractivity contribution is -0.123. The summed E-state index contributed by atoms with van der Waals surface area (Å²) < 4.78 is 10.8. The highest BCUT2D eigenvalue weighted by molar-refractivity contribution is 5.78. The quantitative estimate of drug-likeness (QED) is 0.865. The molecule has 1 aromatic carbocycles. The predicted molar refractivity (Wildman–Crippen MR) is 88.8 cm³/mol. The zero-order valence-corrected chi connectivity index (χ0v) is 13.8. The van der Waals surface area contributed by atoms with Gasteiger partial charge in [0.15, 0.2) is 0 Å². The number of hydrogen-bond acceptors (Lipinski definition) is 4. The van der Waals surface area contributed by atoms with E-state index in [9.17, 15) is 4.79 Å². The van der Waals surface area contributed by atoms with Crippen molar-refractivity contribution in [2.24, 2.45) is 0 Å². The summed E-state index contributed by atoms with van der Waals surface area (Å²) in [7, 11) is 1.71. The molecule has 126 valence electrons. The van der Waals surface area contributed by atoms with Crippen LogP contribution in [0.2, 0.25) is 0 Å². The minimum Gasteiger partial charge on any atom is -0.496 e. The van der Waals surface area contributed by atoms with Gasteiger partial charge in [0.1, 0.15) is 5.75 Å². The Morgan fingerprint density at radius 3 is 2.70 bits per heavy atom. The van der Waals surface area contributed by atoms with E-state index in [0.717, 1.165) is 44.9 Å². The Morgan fingerprint density at radius 2 is 2.04 bits per heavy atom. The molecule has 1 aliphatic carbocycles. The van der Waals surface area contributed by atoms with Crippen molar-refractivity contribution in [2.45, 2.75) is 24.7 Å². The van der Waals surface area contributed by atoms with E-state index in [4.69, 9.17) is 9.47 Å². The molecule has 0 bridgehead atoms. The molecule has 5 nitrogen and oxygen atoms in total. The lowest BCUT2D eigenvalue weighted by atomic mass is 9.64. The number of amides is 1. The fraction of sp³-hybridized carbons (Fsp3) is 0.611. The van der Waals surface area contributed by atoms with Crippen LogP contribution in [0.4, 0.5) is 0 Å². The van der Waals surface area contributed by atoms with E-state index < -0.39 is 0 Å². The maximum Gasteiger partial charge on any atom is 0.234 e. The van der Waals surface area contributed by atoms with Gasteiger partial charge in [-0.2, -0.15) is 0 Å². The molecule has 1 saturated carbocycles. The van der Waals surface area contributed by atoms with Gasteiger partial charge >= 0.3 is 0 Å². The monoisotopic (exact) mass is 318 g/mol. The van der Waals surface area contributed by atoms with Gasteiger partial charge in [0.05, 0.1) is 26.9 Å². The van der Waals surface area contributed by atoms with Crippen molar-refractivity contribution in [1.82, 2.24) is 10.2 Å².